The van der Waals surface area contributed by atoms with E-state index in [1.165, 1.54) is 11.3 Å². The highest BCUT2D eigenvalue weighted by Crippen LogP contribution is 2.11. The maximum atomic E-state index is 3.29. The fourth-order valence-corrected chi connectivity index (χ4v) is 1.53. The molecule has 0 fully saturated rings. The van der Waals surface area contributed by atoms with Gasteiger partial charge in [0.05, 0.1) is 6.20 Å². The number of rotatable bonds is 1. The summed E-state index contributed by atoms with van der Waals surface area (Å²) in [6.07, 6.45) is 4.30. The molecule has 68 valence electrons. The molecule has 13 heavy (non-hydrogen) atoms. The van der Waals surface area contributed by atoms with Crippen molar-refractivity contribution in [3.8, 4) is 0 Å². The SMILES string of the molecule is Cc1c[n+]2cc(C(C)C)ccc2[nH]1. The molecule has 0 amide bonds. The van der Waals surface area contributed by atoms with Gasteiger partial charge in [-0.25, -0.2) is 9.38 Å². The Morgan fingerprint density at radius 1 is 1.23 bits per heavy atom. The lowest BCUT2D eigenvalue weighted by atomic mass is 10.1. The minimum atomic E-state index is 0.590. The largest absolute Gasteiger partial charge is 0.284 e. The smallest absolute Gasteiger partial charge is 0.241 e. The lowest BCUT2D eigenvalue weighted by Gasteiger charge is -2.01. The molecular formula is C11H15N2+. The van der Waals surface area contributed by atoms with Gasteiger partial charge in [-0.15, -0.1) is 0 Å². The quantitative estimate of drug-likeness (QED) is 0.641. The zero-order valence-corrected chi connectivity index (χ0v) is 8.33. The molecule has 2 rings (SSSR count). The normalized spacial score (nSPS) is 11.4. The van der Waals surface area contributed by atoms with Crippen LogP contribution in [0.3, 0.4) is 0 Å². The molecule has 0 radical (unpaired) electrons. The van der Waals surface area contributed by atoms with Crippen molar-refractivity contribution in [2.45, 2.75) is 26.7 Å². The van der Waals surface area contributed by atoms with E-state index in [1.807, 2.05) is 0 Å². The van der Waals surface area contributed by atoms with Crippen LogP contribution in [0.2, 0.25) is 0 Å². The average molecular weight is 175 g/mol. The summed E-state index contributed by atoms with van der Waals surface area (Å²) in [6.45, 7) is 6.49. The van der Waals surface area contributed by atoms with Crippen LogP contribution in [0.5, 0.6) is 0 Å². The molecule has 2 nitrogen and oxygen atoms in total. The molecule has 0 saturated heterocycles. The number of fused-ring (bicyclic) bond motifs is 1. The molecule has 0 bridgehead atoms. The summed E-state index contributed by atoms with van der Waals surface area (Å²) in [7, 11) is 0. The van der Waals surface area contributed by atoms with Crippen molar-refractivity contribution in [2.75, 3.05) is 0 Å². The van der Waals surface area contributed by atoms with Gasteiger partial charge in [0, 0.05) is 13.0 Å². The van der Waals surface area contributed by atoms with Crippen LogP contribution < -0.4 is 4.40 Å². The van der Waals surface area contributed by atoms with Gasteiger partial charge < -0.3 is 0 Å². The number of aromatic amines is 1. The standard InChI is InChI=1S/C11H14N2/c1-8(2)10-4-5-11-12-9(3)6-13(11)7-10/h4-8H,1-3H3/p+1. The number of nitrogens with one attached hydrogen (secondary N) is 1. The van der Waals surface area contributed by atoms with Gasteiger partial charge >= 0.3 is 0 Å². The highest BCUT2D eigenvalue weighted by atomic mass is 15.0. The Bertz CT molecular complexity index is 427. The average Bonchev–Trinajstić information content (AvgIpc) is 2.42. The number of hydrogen-bond donors (Lipinski definition) is 1. The summed E-state index contributed by atoms with van der Waals surface area (Å²) in [4.78, 5) is 3.29. The second kappa shape index (κ2) is 2.87. The van der Waals surface area contributed by atoms with Crippen molar-refractivity contribution >= 4 is 5.65 Å². The highest BCUT2D eigenvalue weighted by Gasteiger charge is 2.07. The van der Waals surface area contributed by atoms with Crippen LogP contribution in [0, 0.1) is 6.92 Å². The number of pyridine rings is 1. The van der Waals surface area contributed by atoms with E-state index in [0.717, 1.165) is 5.65 Å². The molecule has 2 heteroatoms. The Morgan fingerprint density at radius 2 is 2.00 bits per heavy atom. The van der Waals surface area contributed by atoms with E-state index < -0.39 is 0 Å². The van der Waals surface area contributed by atoms with Crippen molar-refractivity contribution in [2.24, 2.45) is 0 Å². The van der Waals surface area contributed by atoms with E-state index in [-0.39, 0.29) is 0 Å². The third-order valence-corrected chi connectivity index (χ3v) is 2.32. The van der Waals surface area contributed by atoms with E-state index in [1.54, 1.807) is 0 Å². The van der Waals surface area contributed by atoms with Crippen LogP contribution in [0.25, 0.3) is 5.65 Å². The lowest BCUT2D eigenvalue weighted by molar-refractivity contribution is -0.510. The van der Waals surface area contributed by atoms with Gasteiger partial charge in [-0.2, -0.15) is 0 Å². The highest BCUT2D eigenvalue weighted by molar-refractivity contribution is 5.32. The van der Waals surface area contributed by atoms with E-state index in [4.69, 9.17) is 0 Å². The Kier molecular flexibility index (Phi) is 1.83. The minimum absolute atomic E-state index is 0.590. The van der Waals surface area contributed by atoms with Crippen molar-refractivity contribution in [3.05, 3.63) is 35.8 Å². The zero-order valence-electron chi connectivity index (χ0n) is 8.33. The van der Waals surface area contributed by atoms with Crippen LogP contribution in [-0.4, -0.2) is 4.98 Å². The fraction of sp³-hybridized carbons (Fsp3) is 0.364. The molecule has 0 unspecified atom stereocenters. The predicted molar refractivity (Wildman–Crippen MR) is 52.8 cm³/mol. The first kappa shape index (κ1) is 8.30. The van der Waals surface area contributed by atoms with Crippen LogP contribution in [0.1, 0.15) is 31.0 Å². The third kappa shape index (κ3) is 1.44. The fourth-order valence-electron chi connectivity index (χ4n) is 1.53. The Morgan fingerprint density at radius 3 is 2.69 bits per heavy atom. The minimum Gasteiger partial charge on any atom is -0.241 e. The molecule has 0 aliphatic rings. The maximum absolute atomic E-state index is 3.29. The van der Waals surface area contributed by atoms with Gasteiger partial charge in [0.15, 0.2) is 0 Å². The first-order valence-corrected chi connectivity index (χ1v) is 4.67. The van der Waals surface area contributed by atoms with Crippen molar-refractivity contribution in [1.29, 1.82) is 0 Å². The summed E-state index contributed by atoms with van der Waals surface area (Å²) in [6, 6.07) is 4.30. The lowest BCUT2D eigenvalue weighted by Crippen LogP contribution is -2.18. The van der Waals surface area contributed by atoms with E-state index >= 15 is 0 Å². The van der Waals surface area contributed by atoms with Gasteiger partial charge in [0.25, 0.3) is 5.65 Å². The van der Waals surface area contributed by atoms with Gasteiger partial charge in [0.2, 0.25) is 0 Å². The molecule has 2 heterocycles. The van der Waals surface area contributed by atoms with Crippen LogP contribution in [-0.2, 0) is 0 Å². The van der Waals surface area contributed by atoms with E-state index in [2.05, 4.69) is 54.7 Å². The molecular weight excluding hydrogens is 160 g/mol. The number of H-pyrrole nitrogens is 1. The number of nitrogens with zero attached hydrogens (tertiary/aromatic N) is 1. The molecule has 0 atom stereocenters. The summed E-state index contributed by atoms with van der Waals surface area (Å²) in [5.41, 5.74) is 3.72. The number of aromatic nitrogens is 2. The van der Waals surface area contributed by atoms with Crippen LogP contribution in [0.15, 0.2) is 24.5 Å². The molecule has 1 N–H and O–H groups in total. The summed E-state index contributed by atoms with van der Waals surface area (Å²) < 4.78 is 2.14. The second-order valence-electron chi connectivity index (χ2n) is 3.85. The molecule has 0 saturated carbocycles. The maximum Gasteiger partial charge on any atom is 0.284 e. The molecule has 2 aromatic heterocycles. The van der Waals surface area contributed by atoms with Crippen molar-refractivity contribution in [1.82, 2.24) is 4.98 Å². The number of aryl methyl sites for hydroxylation is 1. The molecule has 0 aliphatic carbocycles. The monoisotopic (exact) mass is 175 g/mol. The van der Waals surface area contributed by atoms with Crippen LogP contribution >= 0.6 is 0 Å². The predicted octanol–water partition coefficient (Wildman–Crippen LogP) is 2.19. The molecule has 0 aliphatic heterocycles. The van der Waals surface area contributed by atoms with Crippen molar-refractivity contribution in [3.63, 3.8) is 0 Å². The van der Waals surface area contributed by atoms with Crippen LogP contribution in [0.4, 0.5) is 0 Å². The first-order chi connectivity index (χ1) is 6.16. The van der Waals surface area contributed by atoms with Gasteiger partial charge in [-0.3, -0.25) is 0 Å². The Labute approximate surface area is 78.2 Å². The Hall–Kier alpha value is -1.31. The Balaban J connectivity index is 2.61. The molecule has 0 aromatic carbocycles. The summed E-state index contributed by atoms with van der Waals surface area (Å²) in [5.74, 6) is 0.590. The van der Waals surface area contributed by atoms with Gasteiger partial charge in [-0.1, -0.05) is 13.8 Å². The van der Waals surface area contributed by atoms with E-state index in [9.17, 15) is 0 Å². The van der Waals surface area contributed by atoms with E-state index in [0.29, 0.717) is 5.92 Å². The molecule has 2 aromatic rings. The van der Waals surface area contributed by atoms with Gasteiger partial charge in [-0.05, 0) is 17.5 Å². The van der Waals surface area contributed by atoms with Gasteiger partial charge in [0.1, 0.15) is 11.9 Å². The summed E-state index contributed by atoms with van der Waals surface area (Å²) in [5, 5.41) is 0. The first-order valence-electron chi connectivity index (χ1n) is 4.67. The third-order valence-electron chi connectivity index (χ3n) is 2.32. The second-order valence-corrected chi connectivity index (χ2v) is 3.85. The molecule has 0 spiro atoms. The summed E-state index contributed by atoms with van der Waals surface area (Å²) >= 11 is 0. The number of imidazole rings is 1. The van der Waals surface area contributed by atoms with Crippen molar-refractivity contribution < 1.29 is 4.40 Å². The number of hydrogen-bond acceptors (Lipinski definition) is 0. The zero-order chi connectivity index (χ0) is 9.42. The topological polar surface area (TPSA) is 19.9 Å².